The average Bonchev–Trinajstić information content (AvgIpc) is 3.02. The summed E-state index contributed by atoms with van der Waals surface area (Å²) in [4.78, 5) is 15.0. The van der Waals surface area contributed by atoms with Gasteiger partial charge in [0.2, 0.25) is 0 Å². The quantitative estimate of drug-likeness (QED) is 0.255. The van der Waals surface area contributed by atoms with E-state index in [4.69, 9.17) is 28.6 Å². The molecular weight excluding hydrogens is 521 g/mol. The Bertz CT molecular complexity index is 1180. The number of benzene rings is 3. The van der Waals surface area contributed by atoms with Crippen LogP contribution in [0.1, 0.15) is 11.1 Å². The highest BCUT2D eigenvalue weighted by Gasteiger charge is 2.33. The van der Waals surface area contributed by atoms with Gasteiger partial charge < -0.3 is 4.74 Å². The van der Waals surface area contributed by atoms with Crippen molar-refractivity contribution in [3.8, 4) is 5.75 Å². The fourth-order valence-corrected chi connectivity index (χ4v) is 4.88. The van der Waals surface area contributed by atoms with Crippen molar-refractivity contribution in [3.05, 3.63) is 98.1 Å². The zero-order chi connectivity index (χ0) is 22.0. The summed E-state index contributed by atoms with van der Waals surface area (Å²) in [5.74, 6) is -0.147. The zero-order valence-electron chi connectivity index (χ0n) is 15.8. The Labute approximate surface area is 202 Å². The Hall–Kier alpha value is -2.19. The maximum absolute atomic E-state index is 14.1. The van der Waals surface area contributed by atoms with Gasteiger partial charge in [-0.2, -0.15) is 0 Å². The summed E-state index contributed by atoms with van der Waals surface area (Å²) in [6, 6.07) is 19.1. The van der Waals surface area contributed by atoms with Crippen LogP contribution in [-0.2, 0) is 11.4 Å². The first kappa shape index (κ1) is 22.0. The Morgan fingerprint density at radius 1 is 1.13 bits per heavy atom. The van der Waals surface area contributed by atoms with E-state index in [-0.39, 0.29) is 18.1 Å². The van der Waals surface area contributed by atoms with Crippen LogP contribution in [0.15, 0.2) is 76.1 Å². The summed E-state index contributed by atoms with van der Waals surface area (Å²) < 4.78 is 21.2. The molecule has 3 aromatic rings. The molecule has 156 valence electrons. The van der Waals surface area contributed by atoms with Crippen LogP contribution < -0.4 is 9.64 Å². The molecule has 1 saturated heterocycles. The molecule has 1 heterocycles. The maximum atomic E-state index is 14.1. The van der Waals surface area contributed by atoms with Crippen LogP contribution in [0.2, 0.25) is 5.02 Å². The number of thioether (sulfide) groups is 1. The van der Waals surface area contributed by atoms with E-state index in [1.165, 1.54) is 22.7 Å². The molecule has 0 spiro atoms. The number of halogens is 3. The van der Waals surface area contributed by atoms with Gasteiger partial charge in [0.1, 0.15) is 18.2 Å². The summed E-state index contributed by atoms with van der Waals surface area (Å²) in [6.07, 6.45) is 1.73. The second kappa shape index (κ2) is 9.53. The highest BCUT2D eigenvalue weighted by atomic mass is 79.9. The second-order valence-electron chi connectivity index (χ2n) is 6.52. The smallest absolute Gasteiger partial charge is 0.270 e. The molecule has 1 amide bonds. The Morgan fingerprint density at radius 2 is 1.90 bits per heavy atom. The number of carbonyl (C=O) groups excluding carboxylic acids is 1. The van der Waals surface area contributed by atoms with E-state index in [1.807, 2.05) is 42.5 Å². The molecule has 0 aromatic heterocycles. The number of nitrogens with zero attached hydrogens (tertiary/aromatic N) is 1. The third-order valence-corrected chi connectivity index (χ3v) is 6.65. The lowest BCUT2D eigenvalue weighted by atomic mass is 10.1. The number of thiocarbonyl (C=S) groups is 1. The fourth-order valence-electron chi connectivity index (χ4n) is 2.99. The van der Waals surface area contributed by atoms with Crippen LogP contribution in [0.25, 0.3) is 6.08 Å². The molecule has 0 bridgehead atoms. The van der Waals surface area contributed by atoms with Crippen molar-refractivity contribution in [3.63, 3.8) is 0 Å². The molecule has 0 radical (unpaired) electrons. The van der Waals surface area contributed by atoms with Gasteiger partial charge in [0.25, 0.3) is 5.91 Å². The standard InChI is InChI=1S/C23H14BrClFNO2S2/c24-15-9-10-20(29-13-17-18(25)7-4-8-19(17)26)14(11-15)12-21-22(28)27(23(30)31-21)16-5-2-1-3-6-16/h1-12H,13H2/b21-12+. The van der Waals surface area contributed by atoms with Crippen LogP contribution >= 0.6 is 51.5 Å². The SMILES string of the molecule is O=C1/C(=C\c2cc(Br)ccc2OCc2c(F)cccc2Cl)SC(=S)N1c1ccccc1. The van der Waals surface area contributed by atoms with Crippen molar-refractivity contribution in [1.29, 1.82) is 0 Å². The number of rotatable bonds is 5. The van der Waals surface area contributed by atoms with Gasteiger partial charge in [-0.25, -0.2) is 4.39 Å². The molecule has 1 aliphatic rings. The first-order valence-electron chi connectivity index (χ1n) is 9.12. The van der Waals surface area contributed by atoms with Gasteiger partial charge in [-0.05, 0) is 48.5 Å². The van der Waals surface area contributed by atoms with E-state index in [2.05, 4.69) is 15.9 Å². The van der Waals surface area contributed by atoms with E-state index in [1.54, 1.807) is 24.3 Å². The van der Waals surface area contributed by atoms with Crippen molar-refractivity contribution >= 4 is 73.5 Å². The maximum Gasteiger partial charge on any atom is 0.270 e. The van der Waals surface area contributed by atoms with E-state index < -0.39 is 5.82 Å². The summed E-state index contributed by atoms with van der Waals surface area (Å²) in [6.45, 7) is -0.0427. The molecule has 0 aliphatic carbocycles. The molecule has 1 aliphatic heterocycles. The summed E-state index contributed by atoms with van der Waals surface area (Å²) in [5, 5.41) is 0.294. The predicted molar refractivity (Wildman–Crippen MR) is 132 cm³/mol. The highest BCUT2D eigenvalue weighted by Crippen LogP contribution is 2.37. The lowest BCUT2D eigenvalue weighted by Crippen LogP contribution is -2.27. The molecule has 0 unspecified atom stereocenters. The number of para-hydroxylation sites is 1. The topological polar surface area (TPSA) is 29.5 Å². The number of amides is 1. The Kier molecular flexibility index (Phi) is 6.77. The Balaban J connectivity index is 1.63. The molecule has 0 N–H and O–H groups in total. The molecule has 8 heteroatoms. The van der Waals surface area contributed by atoms with E-state index in [0.29, 0.717) is 31.2 Å². The second-order valence-corrected chi connectivity index (χ2v) is 9.52. The van der Waals surface area contributed by atoms with Gasteiger partial charge >= 0.3 is 0 Å². The number of anilines is 1. The van der Waals surface area contributed by atoms with Crippen LogP contribution in [0.4, 0.5) is 10.1 Å². The van der Waals surface area contributed by atoms with Crippen LogP contribution in [0, 0.1) is 5.82 Å². The Morgan fingerprint density at radius 3 is 2.65 bits per heavy atom. The van der Waals surface area contributed by atoms with Gasteiger partial charge in [0.05, 0.1) is 15.6 Å². The van der Waals surface area contributed by atoms with Crippen molar-refractivity contribution in [1.82, 2.24) is 0 Å². The molecule has 3 nitrogen and oxygen atoms in total. The molecule has 3 aromatic carbocycles. The first-order chi connectivity index (χ1) is 14.9. The normalized spacial score (nSPS) is 15.1. The summed E-state index contributed by atoms with van der Waals surface area (Å²) in [5.41, 5.74) is 1.65. The number of hydrogen-bond acceptors (Lipinski definition) is 4. The average molecular weight is 535 g/mol. The van der Waals surface area contributed by atoms with Crippen molar-refractivity contribution in [2.75, 3.05) is 4.90 Å². The summed E-state index contributed by atoms with van der Waals surface area (Å²) >= 11 is 16.2. The molecule has 1 fully saturated rings. The number of hydrogen-bond donors (Lipinski definition) is 0. The third-order valence-electron chi connectivity index (χ3n) is 4.50. The monoisotopic (exact) mass is 533 g/mol. The van der Waals surface area contributed by atoms with Gasteiger partial charge in [-0.3, -0.25) is 9.69 Å². The molecule has 31 heavy (non-hydrogen) atoms. The molecule has 0 saturated carbocycles. The van der Waals surface area contributed by atoms with E-state index >= 15 is 0 Å². The van der Waals surface area contributed by atoms with Crippen LogP contribution in [0.3, 0.4) is 0 Å². The number of ether oxygens (including phenoxy) is 1. The van der Waals surface area contributed by atoms with Gasteiger partial charge in [0, 0.05) is 15.6 Å². The van der Waals surface area contributed by atoms with E-state index in [9.17, 15) is 9.18 Å². The van der Waals surface area contributed by atoms with E-state index in [0.717, 1.165) is 4.47 Å². The lowest BCUT2D eigenvalue weighted by molar-refractivity contribution is -0.113. The van der Waals surface area contributed by atoms with Crippen LogP contribution in [-0.4, -0.2) is 10.2 Å². The third kappa shape index (κ3) is 4.85. The van der Waals surface area contributed by atoms with Gasteiger partial charge in [-0.15, -0.1) is 0 Å². The van der Waals surface area contributed by atoms with Crippen molar-refractivity contribution < 1.29 is 13.9 Å². The minimum atomic E-state index is -0.435. The highest BCUT2D eigenvalue weighted by molar-refractivity contribution is 9.10. The predicted octanol–water partition coefficient (Wildman–Crippen LogP) is 7.23. The molecule has 4 rings (SSSR count). The minimum absolute atomic E-state index is 0.0427. The van der Waals surface area contributed by atoms with Crippen LogP contribution in [0.5, 0.6) is 5.75 Å². The number of carbonyl (C=O) groups is 1. The minimum Gasteiger partial charge on any atom is -0.488 e. The first-order valence-corrected chi connectivity index (χ1v) is 11.5. The lowest BCUT2D eigenvalue weighted by Gasteiger charge is -2.14. The zero-order valence-corrected chi connectivity index (χ0v) is 19.8. The largest absolute Gasteiger partial charge is 0.488 e. The summed E-state index contributed by atoms with van der Waals surface area (Å²) in [7, 11) is 0. The van der Waals surface area contributed by atoms with Gasteiger partial charge in [-0.1, -0.05) is 75.8 Å². The molecular formula is C23H14BrClFNO2S2. The van der Waals surface area contributed by atoms with Crippen molar-refractivity contribution in [2.24, 2.45) is 0 Å². The molecule has 0 atom stereocenters. The van der Waals surface area contributed by atoms with Gasteiger partial charge in [0.15, 0.2) is 4.32 Å². The van der Waals surface area contributed by atoms with Crippen molar-refractivity contribution in [2.45, 2.75) is 6.61 Å². The fraction of sp³-hybridized carbons (Fsp3) is 0.0435.